The Hall–Kier alpha value is -2.96. The molecule has 1 heterocycles. The number of amides is 1. The van der Waals surface area contributed by atoms with Gasteiger partial charge in [-0.05, 0) is 0 Å². The van der Waals surface area contributed by atoms with Gasteiger partial charge >= 0.3 is 0 Å². The largest absolute Gasteiger partial charge is 0.409 e. The average Bonchev–Trinajstić information content (AvgIpc) is 2.46. The highest BCUT2D eigenvalue weighted by Gasteiger charge is 2.15. The fourth-order valence-corrected chi connectivity index (χ4v) is 1.54. The lowest BCUT2D eigenvalue weighted by Gasteiger charge is -2.07. The molecule has 7 heteroatoms. The third kappa shape index (κ3) is 2.49. The van der Waals surface area contributed by atoms with E-state index in [0.29, 0.717) is 5.56 Å². The standard InChI is InChI=1S/C12H11N5O2/c13-11(17-19)8-6-15-10(12(14)18)9(16-8)7-4-2-1-3-5-7/h1-6,19H,(H2,13,17)(H2,14,18). The Bertz CT molecular complexity index is 640. The summed E-state index contributed by atoms with van der Waals surface area (Å²) in [5, 5.41) is 11.5. The van der Waals surface area contributed by atoms with E-state index < -0.39 is 5.91 Å². The minimum Gasteiger partial charge on any atom is -0.409 e. The van der Waals surface area contributed by atoms with Crippen molar-refractivity contribution in [2.24, 2.45) is 16.6 Å². The maximum atomic E-state index is 11.4. The second-order valence-corrected chi connectivity index (χ2v) is 3.67. The second kappa shape index (κ2) is 5.13. The van der Waals surface area contributed by atoms with Gasteiger partial charge in [0.25, 0.3) is 5.91 Å². The monoisotopic (exact) mass is 257 g/mol. The highest BCUT2D eigenvalue weighted by Crippen LogP contribution is 2.19. The summed E-state index contributed by atoms with van der Waals surface area (Å²) in [7, 11) is 0. The third-order valence-corrected chi connectivity index (χ3v) is 2.42. The van der Waals surface area contributed by atoms with E-state index in [4.69, 9.17) is 16.7 Å². The minimum absolute atomic E-state index is 0.0284. The lowest BCUT2D eigenvalue weighted by molar-refractivity contribution is 0.0996. The molecule has 1 amide bonds. The number of amidine groups is 1. The van der Waals surface area contributed by atoms with E-state index >= 15 is 0 Å². The van der Waals surface area contributed by atoms with Crippen LogP contribution in [0.15, 0.2) is 41.7 Å². The molecule has 96 valence electrons. The summed E-state index contributed by atoms with van der Waals surface area (Å²) in [4.78, 5) is 19.4. The Kier molecular flexibility index (Phi) is 3.37. The maximum absolute atomic E-state index is 11.4. The first-order valence-corrected chi connectivity index (χ1v) is 5.33. The molecule has 0 saturated carbocycles. The summed E-state index contributed by atoms with van der Waals surface area (Å²) in [6.45, 7) is 0. The second-order valence-electron chi connectivity index (χ2n) is 3.67. The average molecular weight is 257 g/mol. The summed E-state index contributed by atoms with van der Waals surface area (Å²) in [6, 6.07) is 8.92. The number of carbonyl (C=O) groups is 1. The van der Waals surface area contributed by atoms with E-state index in [-0.39, 0.29) is 22.9 Å². The van der Waals surface area contributed by atoms with Crippen molar-refractivity contribution >= 4 is 11.7 Å². The Morgan fingerprint density at radius 1 is 1.21 bits per heavy atom. The van der Waals surface area contributed by atoms with E-state index in [1.807, 2.05) is 6.07 Å². The molecule has 19 heavy (non-hydrogen) atoms. The van der Waals surface area contributed by atoms with E-state index in [1.54, 1.807) is 24.3 Å². The maximum Gasteiger partial charge on any atom is 0.269 e. The van der Waals surface area contributed by atoms with Gasteiger partial charge in [-0.2, -0.15) is 0 Å². The van der Waals surface area contributed by atoms with Crippen LogP contribution in [0.25, 0.3) is 11.3 Å². The van der Waals surface area contributed by atoms with Gasteiger partial charge in [0.1, 0.15) is 11.4 Å². The van der Waals surface area contributed by atoms with Crippen molar-refractivity contribution in [2.75, 3.05) is 0 Å². The van der Waals surface area contributed by atoms with Crippen molar-refractivity contribution in [1.29, 1.82) is 0 Å². The van der Waals surface area contributed by atoms with Crippen molar-refractivity contribution in [1.82, 2.24) is 9.97 Å². The number of rotatable bonds is 3. The molecule has 5 N–H and O–H groups in total. The van der Waals surface area contributed by atoms with Crippen LogP contribution < -0.4 is 11.5 Å². The molecule has 1 aromatic carbocycles. The quantitative estimate of drug-likeness (QED) is 0.316. The molecule has 1 aromatic heterocycles. The molecule has 2 rings (SSSR count). The van der Waals surface area contributed by atoms with Crippen molar-refractivity contribution in [3.63, 3.8) is 0 Å². The van der Waals surface area contributed by atoms with Crippen molar-refractivity contribution in [3.8, 4) is 11.3 Å². The van der Waals surface area contributed by atoms with Crippen LogP contribution in [0.1, 0.15) is 16.2 Å². The van der Waals surface area contributed by atoms with Crippen LogP contribution in [0.5, 0.6) is 0 Å². The Morgan fingerprint density at radius 2 is 1.89 bits per heavy atom. The number of aromatic nitrogens is 2. The molecule has 7 nitrogen and oxygen atoms in total. The lowest BCUT2D eigenvalue weighted by Crippen LogP contribution is -2.20. The van der Waals surface area contributed by atoms with Gasteiger partial charge in [0, 0.05) is 5.56 Å². The SMILES string of the molecule is NC(=O)c1ncc(C(N)=NO)nc1-c1ccccc1. The van der Waals surface area contributed by atoms with Crippen LogP contribution in [-0.2, 0) is 0 Å². The summed E-state index contributed by atoms with van der Waals surface area (Å²) >= 11 is 0. The van der Waals surface area contributed by atoms with Gasteiger partial charge in [-0.1, -0.05) is 35.5 Å². The number of carbonyl (C=O) groups excluding carboxylic acids is 1. The number of nitrogens with zero attached hydrogens (tertiary/aromatic N) is 3. The van der Waals surface area contributed by atoms with Gasteiger partial charge in [-0.15, -0.1) is 0 Å². The fraction of sp³-hybridized carbons (Fsp3) is 0. The first kappa shape index (κ1) is 12.5. The molecule has 0 spiro atoms. The number of hydrogen-bond acceptors (Lipinski definition) is 5. The number of primary amides is 1. The normalized spacial score (nSPS) is 11.3. The lowest BCUT2D eigenvalue weighted by atomic mass is 10.1. The van der Waals surface area contributed by atoms with Crippen LogP contribution in [0.2, 0.25) is 0 Å². The molecular formula is C12H11N5O2. The Morgan fingerprint density at radius 3 is 2.47 bits per heavy atom. The molecule has 0 aliphatic rings. The predicted octanol–water partition coefficient (Wildman–Crippen LogP) is 0.337. The van der Waals surface area contributed by atoms with E-state index in [2.05, 4.69) is 15.1 Å². The molecular weight excluding hydrogens is 246 g/mol. The first-order chi connectivity index (χ1) is 9.13. The first-order valence-electron chi connectivity index (χ1n) is 5.33. The summed E-state index contributed by atoms with van der Waals surface area (Å²) in [5.41, 5.74) is 11.8. The van der Waals surface area contributed by atoms with E-state index in [9.17, 15) is 4.79 Å². The summed E-state index contributed by atoms with van der Waals surface area (Å²) in [6.07, 6.45) is 1.22. The molecule has 0 fully saturated rings. The van der Waals surface area contributed by atoms with E-state index in [0.717, 1.165) is 0 Å². The van der Waals surface area contributed by atoms with E-state index in [1.165, 1.54) is 6.20 Å². The smallest absolute Gasteiger partial charge is 0.269 e. The van der Waals surface area contributed by atoms with Crippen molar-refractivity contribution < 1.29 is 10.0 Å². The zero-order valence-corrected chi connectivity index (χ0v) is 9.82. The van der Waals surface area contributed by atoms with Crippen molar-refractivity contribution in [2.45, 2.75) is 0 Å². The highest BCUT2D eigenvalue weighted by atomic mass is 16.4. The summed E-state index contributed by atoms with van der Waals surface area (Å²) in [5.74, 6) is -0.891. The fourth-order valence-electron chi connectivity index (χ4n) is 1.54. The number of oxime groups is 1. The molecule has 0 aliphatic carbocycles. The minimum atomic E-state index is -0.697. The van der Waals surface area contributed by atoms with Crippen LogP contribution in [-0.4, -0.2) is 26.9 Å². The zero-order chi connectivity index (χ0) is 13.8. The van der Waals surface area contributed by atoms with Crippen LogP contribution in [0.3, 0.4) is 0 Å². The summed E-state index contributed by atoms with van der Waals surface area (Å²) < 4.78 is 0. The van der Waals surface area contributed by atoms with Crippen LogP contribution in [0.4, 0.5) is 0 Å². The predicted molar refractivity (Wildman–Crippen MR) is 68.5 cm³/mol. The van der Waals surface area contributed by atoms with Gasteiger partial charge in [0.05, 0.1) is 6.20 Å². The highest BCUT2D eigenvalue weighted by molar-refractivity contribution is 5.99. The molecule has 0 unspecified atom stereocenters. The molecule has 0 aliphatic heterocycles. The molecule has 0 radical (unpaired) electrons. The van der Waals surface area contributed by atoms with Crippen LogP contribution >= 0.6 is 0 Å². The number of benzene rings is 1. The van der Waals surface area contributed by atoms with Gasteiger partial charge in [-0.25, -0.2) is 9.97 Å². The van der Waals surface area contributed by atoms with Gasteiger partial charge in [-0.3, -0.25) is 4.79 Å². The molecule has 0 atom stereocenters. The topological polar surface area (TPSA) is 127 Å². The zero-order valence-electron chi connectivity index (χ0n) is 9.82. The molecule has 0 bridgehead atoms. The Balaban J connectivity index is 2.64. The van der Waals surface area contributed by atoms with Gasteiger partial charge in [0.15, 0.2) is 11.5 Å². The molecule has 2 aromatic rings. The van der Waals surface area contributed by atoms with Crippen LogP contribution in [0, 0.1) is 0 Å². The molecule has 0 saturated heterocycles. The number of hydrogen-bond donors (Lipinski definition) is 3. The third-order valence-electron chi connectivity index (χ3n) is 2.42. The Labute approximate surface area is 108 Å². The number of nitrogens with two attached hydrogens (primary N) is 2. The van der Waals surface area contributed by atoms with Gasteiger partial charge < -0.3 is 16.7 Å². The van der Waals surface area contributed by atoms with Gasteiger partial charge in [0.2, 0.25) is 0 Å². The van der Waals surface area contributed by atoms with Crippen molar-refractivity contribution in [3.05, 3.63) is 47.9 Å².